The van der Waals surface area contributed by atoms with Gasteiger partial charge in [-0.05, 0) is 33.3 Å². The zero-order chi connectivity index (χ0) is 12.3. The van der Waals surface area contributed by atoms with Crippen LogP contribution in [0.25, 0.3) is 0 Å². The molecule has 1 nitrogen and oxygen atoms in total. The Morgan fingerprint density at radius 3 is 2.56 bits per heavy atom. The molecule has 0 bridgehead atoms. The molecule has 16 heavy (non-hydrogen) atoms. The molecule has 0 saturated heterocycles. The second-order valence-electron chi connectivity index (χ2n) is 3.65. The fourth-order valence-corrected chi connectivity index (χ4v) is 2.29. The summed E-state index contributed by atoms with van der Waals surface area (Å²) in [5, 5.41) is 10.0. The second-order valence-corrected chi connectivity index (χ2v) is 6.12. The molecule has 1 unspecified atom stereocenters. The van der Waals surface area contributed by atoms with Gasteiger partial charge < -0.3 is 5.11 Å². The number of thioether (sulfide) groups is 1. The number of hydrogen-bond donors (Lipinski definition) is 1. The first-order chi connectivity index (χ1) is 7.43. The van der Waals surface area contributed by atoms with Gasteiger partial charge in [0.25, 0.3) is 0 Å². The Kier molecular flexibility index (Phi) is 5.21. The lowest BCUT2D eigenvalue weighted by atomic mass is 10.1. The summed E-state index contributed by atoms with van der Waals surface area (Å²) < 4.78 is 27.1. The predicted molar refractivity (Wildman–Crippen MR) is 66.6 cm³/mol. The van der Waals surface area contributed by atoms with E-state index in [-0.39, 0.29) is 15.8 Å². The summed E-state index contributed by atoms with van der Waals surface area (Å²) in [7, 11) is 0. The molecule has 1 rings (SSSR count). The first-order valence-corrected chi connectivity index (χ1v) is 6.70. The van der Waals surface area contributed by atoms with Crippen molar-refractivity contribution in [3.63, 3.8) is 0 Å². The van der Waals surface area contributed by atoms with Gasteiger partial charge in [-0.25, -0.2) is 8.78 Å². The van der Waals surface area contributed by atoms with E-state index in [0.717, 1.165) is 6.07 Å². The van der Waals surface area contributed by atoms with E-state index in [1.54, 1.807) is 0 Å². The SMILES string of the molecule is CC(C)SCC(O)c1c(F)ccc(Br)c1F. The number of benzene rings is 1. The zero-order valence-electron chi connectivity index (χ0n) is 9.01. The lowest BCUT2D eigenvalue weighted by Gasteiger charge is -2.14. The fourth-order valence-electron chi connectivity index (χ4n) is 1.22. The van der Waals surface area contributed by atoms with E-state index in [1.165, 1.54) is 17.8 Å². The highest BCUT2D eigenvalue weighted by atomic mass is 79.9. The average molecular weight is 311 g/mol. The average Bonchev–Trinajstić information content (AvgIpc) is 2.21. The van der Waals surface area contributed by atoms with Crippen molar-refractivity contribution in [1.29, 1.82) is 0 Å². The first kappa shape index (κ1) is 13.9. The molecule has 0 aromatic heterocycles. The van der Waals surface area contributed by atoms with Crippen LogP contribution >= 0.6 is 27.7 Å². The number of hydrogen-bond acceptors (Lipinski definition) is 2. The van der Waals surface area contributed by atoms with Crippen molar-refractivity contribution in [2.45, 2.75) is 25.2 Å². The summed E-state index contributed by atoms with van der Waals surface area (Å²) in [4.78, 5) is 0. The monoisotopic (exact) mass is 310 g/mol. The van der Waals surface area contributed by atoms with Crippen LogP contribution in [0.5, 0.6) is 0 Å². The Hall–Kier alpha value is -0.130. The van der Waals surface area contributed by atoms with E-state index in [2.05, 4.69) is 15.9 Å². The Balaban J connectivity index is 2.90. The third-order valence-corrected chi connectivity index (χ3v) is 3.79. The van der Waals surface area contributed by atoms with Gasteiger partial charge in [0, 0.05) is 5.75 Å². The molecule has 0 radical (unpaired) electrons. The normalized spacial score (nSPS) is 13.2. The highest BCUT2D eigenvalue weighted by Crippen LogP contribution is 2.29. The molecule has 0 aliphatic carbocycles. The maximum absolute atomic E-state index is 13.6. The topological polar surface area (TPSA) is 20.2 Å². The number of halogens is 3. The van der Waals surface area contributed by atoms with Crippen molar-refractivity contribution in [1.82, 2.24) is 0 Å². The summed E-state index contributed by atoms with van der Waals surface area (Å²) in [5.74, 6) is -1.16. The largest absolute Gasteiger partial charge is 0.387 e. The molecule has 0 saturated carbocycles. The minimum Gasteiger partial charge on any atom is -0.387 e. The second kappa shape index (κ2) is 5.98. The van der Waals surface area contributed by atoms with E-state index in [4.69, 9.17) is 0 Å². The van der Waals surface area contributed by atoms with Gasteiger partial charge in [-0.15, -0.1) is 0 Å². The maximum atomic E-state index is 13.6. The van der Waals surface area contributed by atoms with Crippen molar-refractivity contribution in [3.8, 4) is 0 Å². The van der Waals surface area contributed by atoms with Gasteiger partial charge in [0.15, 0.2) is 0 Å². The van der Waals surface area contributed by atoms with Crippen LogP contribution < -0.4 is 0 Å². The van der Waals surface area contributed by atoms with Crippen molar-refractivity contribution >= 4 is 27.7 Å². The van der Waals surface area contributed by atoms with Gasteiger partial charge in [0.2, 0.25) is 0 Å². The van der Waals surface area contributed by atoms with Gasteiger partial charge in [0.1, 0.15) is 11.6 Å². The van der Waals surface area contributed by atoms with Gasteiger partial charge >= 0.3 is 0 Å². The lowest BCUT2D eigenvalue weighted by molar-refractivity contribution is 0.193. The molecular formula is C11H13BrF2OS. The van der Waals surface area contributed by atoms with Gasteiger partial charge in [0.05, 0.1) is 16.1 Å². The van der Waals surface area contributed by atoms with Crippen LogP contribution in [-0.2, 0) is 0 Å². The fraction of sp³-hybridized carbons (Fsp3) is 0.455. The third-order valence-electron chi connectivity index (χ3n) is 2.00. The molecule has 1 atom stereocenters. The molecule has 0 heterocycles. The summed E-state index contributed by atoms with van der Waals surface area (Å²) in [6.45, 7) is 3.93. The van der Waals surface area contributed by atoms with Crippen LogP contribution in [0.3, 0.4) is 0 Å². The Bertz CT molecular complexity index is 371. The van der Waals surface area contributed by atoms with Crippen LogP contribution in [0.4, 0.5) is 8.78 Å². The first-order valence-electron chi connectivity index (χ1n) is 4.86. The summed E-state index contributed by atoms with van der Waals surface area (Å²) in [5.41, 5.74) is -0.262. The Morgan fingerprint density at radius 1 is 1.38 bits per heavy atom. The van der Waals surface area contributed by atoms with Crippen LogP contribution in [0.15, 0.2) is 16.6 Å². The molecule has 1 aromatic rings. The molecule has 1 aromatic carbocycles. The van der Waals surface area contributed by atoms with Gasteiger partial charge in [-0.1, -0.05) is 13.8 Å². The van der Waals surface area contributed by atoms with Crippen molar-refractivity contribution in [2.24, 2.45) is 0 Å². The van der Waals surface area contributed by atoms with Gasteiger partial charge in [-0.3, -0.25) is 0 Å². The van der Waals surface area contributed by atoms with Crippen LogP contribution in [0.1, 0.15) is 25.5 Å². The molecule has 0 spiro atoms. The van der Waals surface area contributed by atoms with E-state index < -0.39 is 17.7 Å². The summed E-state index contributed by atoms with van der Waals surface area (Å²) in [6, 6.07) is 2.43. The summed E-state index contributed by atoms with van der Waals surface area (Å²) in [6.07, 6.45) is -1.12. The Labute approximate surface area is 106 Å². The standard InChI is InChI=1S/C11H13BrF2OS/c1-6(2)16-5-9(15)10-8(13)4-3-7(12)11(10)14/h3-4,6,9,15H,5H2,1-2H3. The van der Waals surface area contributed by atoms with Gasteiger partial charge in [-0.2, -0.15) is 11.8 Å². The van der Waals surface area contributed by atoms with E-state index >= 15 is 0 Å². The number of aliphatic hydroxyl groups excluding tert-OH is 1. The number of rotatable bonds is 4. The molecule has 0 aliphatic heterocycles. The van der Waals surface area contributed by atoms with Crippen LogP contribution in [-0.4, -0.2) is 16.1 Å². The van der Waals surface area contributed by atoms with E-state index in [9.17, 15) is 13.9 Å². The third kappa shape index (κ3) is 3.43. The molecule has 0 aliphatic rings. The molecule has 90 valence electrons. The predicted octanol–water partition coefficient (Wildman–Crippen LogP) is 3.90. The quantitative estimate of drug-likeness (QED) is 0.851. The molecule has 1 N–H and O–H groups in total. The smallest absolute Gasteiger partial charge is 0.146 e. The van der Waals surface area contributed by atoms with E-state index in [1.807, 2.05) is 13.8 Å². The van der Waals surface area contributed by atoms with Crippen molar-refractivity contribution < 1.29 is 13.9 Å². The molecule has 5 heteroatoms. The number of aliphatic hydroxyl groups is 1. The van der Waals surface area contributed by atoms with Crippen LogP contribution in [0, 0.1) is 11.6 Å². The highest BCUT2D eigenvalue weighted by Gasteiger charge is 2.20. The maximum Gasteiger partial charge on any atom is 0.146 e. The van der Waals surface area contributed by atoms with E-state index in [0.29, 0.717) is 5.25 Å². The van der Waals surface area contributed by atoms with Crippen LogP contribution in [0.2, 0.25) is 0 Å². The minimum atomic E-state index is -1.12. The molecule has 0 amide bonds. The molecule has 0 fully saturated rings. The summed E-state index contributed by atoms with van der Waals surface area (Å²) >= 11 is 4.43. The highest BCUT2D eigenvalue weighted by molar-refractivity contribution is 9.10. The Morgan fingerprint density at radius 2 is 2.00 bits per heavy atom. The molecular weight excluding hydrogens is 298 g/mol. The zero-order valence-corrected chi connectivity index (χ0v) is 11.4. The lowest BCUT2D eigenvalue weighted by Crippen LogP contribution is -2.08. The van der Waals surface area contributed by atoms with Crippen molar-refractivity contribution in [2.75, 3.05) is 5.75 Å². The minimum absolute atomic E-state index is 0.164. The van der Waals surface area contributed by atoms with Crippen molar-refractivity contribution in [3.05, 3.63) is 33.8 Å².